The molecule has 0 fully saturated rings. The molecule has 0 spiro atoms. The van der Waals surface area contributed by atoms with Crippen molar-refractivity contribution in [2.75, 3.05) is 45.9 Å². The molecule has 0 saturated heterocycles. The minimum absolute atomic E-state index is 0.262. The predicted octanol–water partition coefficient (Wildman–Crippen LogP) is 6.11. The fourth-order valence-corrected chi connectivity index (χ4v) is 4.32. The van der Waals surface area contributed by atoms with Crippen molar-refractivity contribution in [1.29, 1.82) is 0 Å². The first-order valence-corrected chi connectivity index (χ1v) is 11.4. The molecule has 0 saturated carbocycles. The summed E-state index contributed by atoms with van der Waals surface area (Å²) in [5.74, 6) is 2.52. The summed E-state index contributed by atoms with van der Waals surface area (Å²) in [6, 6.07) is 25.8. The van der Waals surface area contributed by atoms with Crippen LogP contribution in [0.2, 0.25) is 0 Å². The Morgan fingerprint density at radius 3 is 2.25 bits per heavy atom. The van der Waals surface area contributed by atoms with Crippen LogP contribution < -0.4 is 14.4 Å². The lowest BCUT2D eigenvalue weighted by Crippen LogP contribution is -2.29. The zero-order valence-electron chi connectivity index (χ0n) is 19.9. The second kappa shape index (κ2) is 11.6. The number of hydrogen-bond acceptors (Lipinski definition) is 4. The van der Waals surface area contributed by atoms with Gasteiger partial charge in [-0.05, 0) is 29.3 Å². The third kappa shape index (κ3) is 5.08. The molecule has 0 bridgehead atoms. The summed E-state index contributed by atoms with van der Waals surface area (Å²) in [4.78, 5) is 2.28. The molecule has 0 amide bonds. The lowest BCUT2D eigenvalue weighted by atomic mass is 9.76. The van der Waals surface area contributed by atoms with Gasteiger partial charge in [0.2, 0.25) is 0 Å². The highest BCUT2D eigenvalue weighted by Gasteiger charge is 2.34. The van der Waals surface area contributed by atoms with Crippen LogP contribution in [0.15, 0.2) is 72.8 Å². The Morgan fingerprint density at radius 1 is 0.812 bits per heavy atom. The van der Waals surface area contributed by atoms with E-state index in [1.807, 2.05) is 19.9 Å². The van der Waals surface area contributed by atoms with Crippen molar-refractivity contribution < 1.29 is 14.2 Å². The smallest absolute Gasteiger partial charge is 0.142 e. The highest BCUT2D eigenvalue weighted by Crippen LogP contribution is 2.47. The third-order valence-corrected chi connectivity index (χ3v) is 5.74. The second-order valence-corrected chi connectivity index (χ2v) is 7.75. The van der Waals surface area contributed by atoms with E-state index in [1.54, 1.807) is 14.2 Å². The Hall–Kier alpha value is -2.98. The molecule has 2 aliphatic rings. The van der Waals surface area contributed by atoms with Gasteiger partial charge in [-0.25, -0.2) is 0 Å². The van der Waals surface area contributed by atoms with Gasteiger partial charge in [-0.2, -0.15) is 0 Å². The molecule has 3 aromatic rings. The molecule has 4 nitrogen and oxygen atoms in total. The van der Waals surface area contributed by atoms with E-state index in [0.29, 0.717) is 6.61 Å². The zero-order chi connectivity index (χ0) is 22.9. The summed E-state index contributed by atoms with van der Waals surface area (Å²) >= 11 is 0. The monoisotopic (exact) mass is 433 g/mol. The minimum Gasteiger partial charge on any atom is -0.493 e. The topological polar surface area (TPSA) is 30.9 Å². The first-order chi connectivity index (χ1) is 15.7. The lowest BCUT2D eigenvalue weighted by Gasteiger charge is -2.35. The van der Waals surface area contributed by atoms with Crippen molar-refractivity contribution in [3.8, 4) is 11.5 Å². The van der Waals surface area contributed by atoms with Gasteiger partial charge in [-0.3, -0.25) is 0 Å². The van der Waals surface area contributed by atoms with E-state index in [0.717, 1.165) is 24.7 Å². The molecule has 0 N–H and O–H groups in total. The standard InChI is InChI=1S/C24H23NO2.C2H6O.C2H6/c1-25-13-14-26-23-12-11-18(15-21(23)25)24-19-9-5-6-10-22(19)27-16-20(24)17-7-3-2-4-8-17;1-3-2;1-2/h2-12,15,20,24H,13-14,16H2,1H3;1-2H3;1-2H3. The van der Waals surface area contributed by atoms with Gasteiger partial charge in [0.05, 0.1) is 18.8 Å². The highest BCUT2D eigenvalue weighted by atomic mass is 16.5. The maximum atomic E-state index is 6.14. The number of methoxy groups -OCH3 is 1. The van der Waals surface area contributed by atoms with Crippen LogP contribution in [0.25, 0.3) is 0 Å². The summed E-state index contributed by atoms with van der Waals surface area (Å²) in [5, 5.41) is 0. The largest absolute Gasteiger partial charge is 0.493 e. The van der Waals surface area contributed by atoms with Crippen LogP contribution in [0.1, 0.15) is 42.4 Å². The molecule has 5 rings (SSSR count). The maximum absolute atomic E-state index is 6.14. The van der Waals surface area contributed by atoms with Crippen molar-refractivity contribution in [1.82, 2.24) is 0 Å². The Balaban J connectivity index is 0.000000536. The average molecular weight is 434 g/mol. The van der Waals surface area contributed by atoms with Gasteiger partial charge in [0.25, 0.3) is 0 Å². The SMILES string of the molecule is CC.CN1CCOc2ccc(C3c4ccccc4OCC3c3ccccc3)cc21.COC. The summed E-state index contributed by atoms with van der Waals surface area (Å²) in [7, 11) is 5.39. The number of anilines is 1. The van der Waals surface area contributed by atoms with E-state index in [9.17, 15) is 0 Å². The number of hydrogen-bond donors (Lipinski definition) is 0. The maximum Gasteiger partial charge on any atom is 0.142 e. The zero-order valence-corrected chi connectivity index (χ0v) is 19.9. The van der Waals surface area contributed by atoms with Gasteiger partial charge >= 0.3 is 0 Å². The molecular weight excluding hydrogens is 398 g/mol. The van der Waals surface area contributed by atoms with Gasteiger partial charge in [-0.15, -0.1) is 0 Å². The molecule has 2 atom stereocenters. The van der Waals surface area contributed by atoms with Crippen LogP contribution in [-0.4, -0.2) is 41.0 Å². The first kappa shape index (κ1) is 23.7. The van der Waals surface area contributed by atoms with Gasteiger partial charge in [0.15, 0.2) is 0 Å². The van der Waals surface area contributed by atoms with E-state index in [1.165, 1.54) is 22.4 Å². The van der Waals surface area contributed by atoms with Crippen LogP contribution in [0.5, 0.6) is 11.5 Å². The number of nitrogens with zero attached hydrogens (tertiary/aromatic N) is 1. The number of likely N-dealkylation sites (N-methyl/N-ethyl adjacent to an activating group) is 1. The lowest BCUT2D eigenvalue weighted by molar-refractivity contribution is 0.249. The number of fused-ring (bicyclic) bond motifs is 2. The van der Waals surface area contributed by atoms with Crippen LogP contribution in [0, 0.1) is 0 Å². The minimum atomic E-state index is 0.262. The normalized spacial score (nSPS) is 18.3. The molecule has 3 aromatic carbocycles. The number of para-hydroxylation sites is 1. The Morgan fingerprint density at radius 2 is 1.50 bits per heavy atom. The van der Waals surface area contributed by atoms with Crippen molar-refractivity contribution in [3.05, 3.63) is 89.5 Å². The third-order valence-electron chi connectivity index (χ3n) is 5.74. The Labute approximate surface area is 192 Å². The van der Waals surface area contributed by atoms with Gasteiger partial charge in [0.1, 0.15) is 18.1 Å². The molecule has 2 heterocycles. The summed E-state index contributed by atoms with van der Waals surface area (Å²) < 4.78 is 16.2. The summed E-state index contributed by atoms with van der Waals surface area (Å²) in [6.45, 7) is 6.35. The number of ether oxygens (including phenoxy) is 3. The van der Waals surface area contributed by atoms with Gasteiger partial charge < -0.3 is 19.1 Å². The van der Waals surface area contributed by atoms with Crippen LogP contribution in [0.3, 0.4) is 0 Å². The molecule has 0 radical (unpaired) electrons. The molecule has 170 valence electrons. The molecule has 0 aliphatic carbocycles. The second-order valence-electron chi connectivity index (χ2n) is 7.75. The fraction of sp³-hybridized carbons (Fsp3) is 0.357. The number of rotatable bonds is 2. The van der Waals surface area contributed by atoms with Crippen LogP contribution in [0.4, 0.5) is 5.69 Å². The molecule has 32 heavy (non-hydrogen) atoms. The summed E-state index contributed by atoms with van der Waals surface area (Å²) in [5.41, 5.74) is 5.07. The van der Waals surface area contributed by atoms with Crippen molar-refractivity contribution in [2.45, 2.75) is 25.7 Å². The quantitative estimate of drug-likeness (QED) is 0.488. The van der Waals surface area contributed by atoms with Crippen molar-refractivity contribution >= 4 is 5.69 Å². The highest BCUT2D eigenvalue weighted by molar-refractivity contribution is 5.63. The molecular formula is C28H35NO3. The van der Waals surface area contributed by atoms with Gasteiger partial charge in [-0.1, -0.05) is 68.4 Å². The van der Waals surface area contributed by atoms with E-state index in [-0.39, 0.29) is 11.8 Å². The van der Waals surface area contributed by atoms with E-state index < -0.39 is 0 Å². The van der Waals surface area contributed by atoms with Crippen molar-refractivity contribution in [3.63, 3.8) is 0 Å². The Bertz CT molecular complexity index is 973. The molecule has 2 unspecified atom stereocenters. The van der Waals surface area contributed by atoms with Crippen LogP contribution >= 0.6 is 0 Å². The van der Waals surface area contributed by atoms with Crippen molar-refractivity contribution in [2.24, 2.45) is 0 Å². The molecule has 4 heteroatoms. The van der Waals surface area contributed by atoms with Gasteiger partial charge in [0, 0.05) is 38.7 Å². The average Bonchev–Trinajstić information content (AvgIpc) is 2.86. The molecule has 2 aliphatic heterocycles. The number of benzene rings is 3. The predicted molar refractivity (Wildman–Crippen MR) is 132 cm³/mol. The fourth-order valence-electron chi connectivity index (χ4n) is 4.32. The van der Waals surface area contributed by atoms with E-state index >= 15 is 0 Å². The molecule has 0 aromatic heterocycles. The summed E-state index contributed by atoms with van der Waals surface area (Å²) in [6.07, 6.45) is 0. The van der Waals surface area contributed by atoms with E-state index in [2.05, 4.69) is 83.4 Å². The first-order valence-electron chi connectivity index (χ1n) is 11.4. The Kier molecular flexibility index (Phi) is 8.57. The van der Waals surface area contributed by atoms with Crippen LogP contribution in [-0.2, 0) is 4.74 Å². The van der Waals surface area contributed by atoms with E-state index in [4.69, 9.17) is 9.47 Å².